The summed E-state index contributed by atoms with van der Waals surface area (Å²) < 4.78 is 7.38. The number of rotatable bonds is 10. The number of hydrogen-bond donors (Lipinski definition) is 3. The molecule has 1 aromatic heterocycles. The second-order valence-electron chi connectivity index (χ2n) is 7.72. The van der Waals surface area contributed by atoms with Gasteiger partial charge >= 0.3 is 0 Å². The summed E-state index contributed by atoms with van der Waals surface area (Å²) in [6, 6.07) is 20.6. The number of benzene rings is 2. The minimum Gasteiger partial charge on any atom is -0.482 e. The van der Waals surface area contributed by atoms with Crippen LogP contribution in [0.2, 0.25) is 0 Å². The van der Waals surface area contributed by atoms with Gasteiger partial charge in [-0.25, -0.2) is 0 Å². The quantitative estimate of drug-likeness (QED) is 0.455. The zero-order valence-electron chi connectivity index (χ0n) is 18.4. The number of pyridine rings is 1. The average Bonchev–Trinajstić information content (AvgIpc) is 2.83. The first kappa shape index (κ1) is 23.1. The van der Waals surface area contributed by atoms with Crippen molar-refractivity contribution in [3.05, 3.63) is 100.0 Å². The Morgan fingerprint density at radius 2 is 1.72 bits per heavy atom. The van der Waals surface area contributed by atoms with E-state index in [0.29, 0.717) is 12.8 Å². The molecule has 3 aromatic rings. The zero-order chi connectivity index (χ0) is 23.0. The molecule has 2 aromatic carbocycles. The molecular formula is C25H29N3O4. The molecule has 0 fully saturated rings. The van der Waals surface area contributed by atoms with E-state index in [1.807, 2.05) is 67.6 Å². The van der Waals surface area contributed by atoms with Crippen molar-refractivity contribution < 1.29 is 14.6 Å². The number of amides is 1. The maximum Gasteiger partial charge on any atom is 0.273 e. The minimum atomic E-state index is -0.613. The van der Waals surface area contributed by atoms with E-state index in [1.165, 1.54) is 24.0 Å². The van der Waals surface area contributed by atoms with Crippen LogP contribution in [0.4, 0.5) is 0 Å². The fraction of sp³-hybridized carbons (Fsp3) is 0.280. The Labute approximate surface area is 187 Å². The van der Waals surface area contributed by atoms with E-state index in [4.69, 9.17) is 4.74 Å². The predicted molar refractivity (Wildman–Crippen MR) is 124 cm³/mol. The third-order valence-corrected chi connectivity index (χ3v) is 5.34. The van der Waals surface area contributed by atoms with Gasteiger partial charge in [0, 0.05) is 25.9 Å². The topological polar surface area (TPSA) is 92.6 Å². The number of ether oxygens (including phenoxy) is 1. The molecule has 7 nitrogen and oxygen atoms in total. The first-order chi connectivity index (χ1) is 15.5. The molecule has 0 aliphatic heterocycles. The molecule has 1 atom stereocenters. The van der Waals surface area contributed by atoms with Crippen LogP contribution in [0.1, 0.15) is 41.4 Å². The van der Waals surface area contributed by atoms with E-state index in [-0.39, 0.29) is 30.1 Å². The number of aliphatic hydroxyl groups excluding tert-OH is 1. The molecule has 1 unspecified atom stereocenters. The summed E-state index contributed by atoms with van der Waals surface area (Å²) >= 11 is 0. The van der Waals surface area contributed by atoms with Gasteiger partial charge in [0.15, 0.2) is 11.4 Å². The molecule has 0 radical (unpaired) electrons. The van der Waals surface area contributed by atoms with E-state index in [0.717, 1.165) is 11.1 Å². The number of carbonyl (C=O) groups excluding carboxylic acids is 1. The molecule has 3 N–H and O–H groups in total. The Hall–Kier alpha value is -3.58. The summed E-state index contributed by atoms with van der Waals surface area (Å²) in [7, 11) is 1.51. The molecule has 0 aliphatic rings. The van der Waals surface area contributed by atoms with E-state index < -0.39 is 11.4 Å². The molecule has 3 rings (SSSR count). The second-order valence-corrected chi connectivity index (χ2v) is 7.72. The summed E-state index contributed by atoms with van der Waals surface area (Å²) in [5, 5.41) is 12.0. The van der Waals surface area contributed by atoms with Gasteiger partial charge in [0.2, 0.25) is 5.43 Å². The lowest BCUT2D eigenvalue weighted by atomic mass is 9.88. The standard InChI is InChI=1S/C25H29N3O4/c1-25(15-9-17-29,20-12-7-4-8-13-20)27-28-16-14-21(30)23(22(28)24(31)26-2)32-18-19-10-5-3-6-11-19/h3-8,10-14,16,27,29H,9,15,17-18H2,1-2H3,(H,26,31). The van der Waals surface area contributed by atoms with Crippen LogP contribution >= 0.6 is 0 Å². The molecule has 7 heteroatoms. The molecule has 1 amide bonds. The molecule has 0 spiro atoms. The molecule has 168 valence electrons. The van der Waals surface area contributed by atoms with E-state index in [2.05, 4.69) is 10.7 Å². The van der Waals surface area contributed by atoms with Gasteiger partial charge < -0.3 is 20.6 Å². The van der Waals surface area contributed by atoms with Crippen LogP contribution in [0, 0.1) is 0 Å². The SMILES string of the molecule is CNC(=O)c1c(OCc2ccccc2)c(=O)ccn1NC(C)(CCCO)c1ccccc1. The number of nitrogens with one attached hydrogen (secondary N) is 2. The summed E-state index contributed by atoms with van der Waals surface area (Å²) in [6.45, 7) is 2.20. The summed E-state index contributed by atoms with van der Waals surface area (Å²) in [5.41, 5.74) is 4.35. The monoisotopic (exact) mass is 435 g/mol. The van der Waals surface area contributed by atoms with Gasteiger partial charge in [0.05, 0.1) is 5.54 Å². The molecule has 0 aliphatic carbocycles. The van der Waals surface area contributed by atoms with Gasteiger partial charge in [0.25, 0.3) is 5.91 Å². The number of aromatic nitrogens is 1. The van der Waals surface area contributed by atoms with Gasteiger partial charge in [-0.3, -0.25) is 14.3 Å². The van der Waals surface area contributed by atoms with Gasteiger partial charge in [-0.15, -0.1) is 0 Å². The van der Waals surface area contributed by atoms with E-state index in [9.17, 15) is 14.7 Å². The van der Waals surface area contributed by atoms with Crippen LogP contribution in [-0.4, -0.2) is 29.3 Å². The molecule has 0 saturated heterocycles. The van der Waals surface area contributed by atoms with Crippen LogP contribution in [0.25, 0.3) is 0 Å². The molecular weight excluding hydrogens is 406 g/mol. The lowest BCUT2D eigenvalue weighted by Gasteiger charge is -2.34. The first-order valence-corrected chi connectivity index (χ1v) is 10.6. The number of hydrogen-bond acceptors (Lipinski definition) is 5. The lowest BCUT2D eigenvalue weighted by Crippen LogP contribution is -2.41. The Morgan fingerprint density at radius 3 is 2.34 bits per heavy atom. The Kier molecular flexibility index (Phi) is 7.68. The van der Waals surface area contributed by atoms with Crippen molar-refractivity contribution in [3.63, 3.8) is 0 Å². The van der Waals surface area contributed by atoms with Crippen molar-refractivity contribution >= 4 is 5.91 Å². The van der Waals surface area contributed by atoms with E-state index >= 15 is 0 Å². The molecule has 32 heavy (non-hydrogen) atoms. The Bertz CT molecular complexity index is 1080. The zero-order valence-corrected chi connectivity index (χ0v) is 18.4. The van der Waals surface area contributed by atoms with Crippen molar-refractivity contribution in [2.24, 2.45) is 0 Å². The fourth-order valence-electron chi connectivity index (χ4n) is 3.58. The summed E-state index contributed by atoms with van der Waals surface area (Å²) in [6.07, 6.45) is 2.70. The van der Waals surface area contributed by atoms with Crippen LogP contribution in [-0.2, 0) is 12.1 Å². The maximum atomic E-state index is 12.8. The van der Waals surface area contributed by atoms with Crippen LogP contribution < -0.4 is 20.9 Å². The third-order valence-electron chi connectivity index (χ3n) is 5.34. The summed E-state index contributed by atoms with van der Waals surface area (Å²) in [4.78, 5) is 25.5. The molecule has 0 saturated carbocycles. The minimum absolute atomic E-state index is 0.0271. The van der Waals surface area contributed by atoms with Crippen LogP contribution in [0.5, 0.6) is 5.75 Å². The predicted octanol–water partition coefficient (Wildman–Crippen LogP) is 3.02. The van der Waals surface area contributed by atoms with Gasteiger partial charge in [0.1, 0.15) is 6.61 Å². The molecule has 1 heterocycles. The fourth-order valence-corrected chi connectivity index (χ4v) is 3.58. The van der Waals surface area contributed by atoms with Gasteiger partial charge in [-0.1, -0.05) is 60.7 Å². The van der Waals surface area contributed by atoms with Crippen molar-refractivity contribution in [2.45, 2.75) is 31.9 Å². The normalized spacial score (nSPS) is 12.6. The van der Waals surface area contributed by atoms with Crippen molar-refractivity contribution in [2.75, 3.05) is 19.1 Å². The first-order valence-electron chi connectivity index (χ1n) is 10.6. The van der Waals surface area contributed by atoms with Crippen LogP contribution in [0.3, 0.4) is 0 Å². The van der Waals surface area contributed by atoms with Crippen molar-refractivity contribution in [1.82, 2.24) is 9.99 Å². The highest BCUT2D eigenvalue weighted by atomic mass is 16.5. The maximum absolute atomic E-state index is 12.8. The van der Waals surface area contributed by atoms with Gasteiger partial charge in [-0.2, -0.15) is 0 Å². The average molecular weight is 436 g/mol. The molecule has 0 bridgehead atoms. The van der Waals surface area contributed by atoms with Crippen LogP contribution in [0.15, 0.2) is 77.7 Å². The Balaban J connectivity index is 2.02. The Morgan fingerprint density at radius 1 is 1.06 bits per heavy atom. The largest absolute Gasteiger partial charge is 0.482 e. The number of nitrogens with zero attached hydrogens (tertiary/aromatic N) is 1. The third kappa shape index (κ3) is 5.36. The smallest absolute Gasteiger partial charge is 0.273 e. The highest BCUT2D eigenvalue weighted by Gasteiger charge is 2.29. The highest BCUT2D eigenvalue weighted by molar-refractivity contribution is 5.95. The highest BCUT2D eigenvalue weighted by Crippen LogP contribution is 2.28. The van der Waals surface area contributed by atoms with Crippen molar-refractivity contribution in [3.8, 4) is 5.75 Å². The second kappa shape index (κ2) is 10.6. The van der Waals surface area contributed by atoms with Gasteiger partial charge in [-0.05, 0) is 30.9 Å². The van der Waals surface area contributed by atoms with Crippen molar-refractivity contribution in [1.29, 1.82) is 0 Å². The number of aliphatic hydroxyl groups is 1. The number of carbonyl (C=O) groups is 1. The lowest BCUT2D eigenvalue weighted by molar-refractivity contribution is 0.0947. The van der Waals surface area contributed by atoms with E-state index in [1.54, 1.807) is 0 Å². The summed E-state index contributed by atoms with van der Waals surface area (Å²) in [5.74, 6) is -0.475.